The normalized spacial score (nSPS) is 12.1. The van der Waals surface area contributed by atoms with Gasteiger partial charge >= 0.3 is 5.97 Å². The van der Waals surface area contributed by atoms with Crippen LogP contribution in [-0.4, -0.2) is 16.2 Å². The molecule has 2 N–H and O–H groups in total. The Morgan fingerprint density at radius 1 is 1.06 bits per heavy atom. The van der Waals surface area contributed by atoms with Gasteiger partial charge in [-0.2, -0.15) is 0 Å². The van der Waals surface area contributed by atoms with E-state index >= 15 is 0 Å². The van der Waals surface area contributed by atoms with Crippen LogP contribution < -0.4 is 0 Å². The Hall–Kier alpha value is -1.84. The molecule has 0 heterocycles. The Morgan fingerprint density at radius 2 is 1.67 bits per heavy atom. The van der Waals surface area contributed by atoms with Crippen LogP contribution >= 0.6 is 11.6 Å². The topological polar surface area (TPSA) is 57.5 Å². The summed E-state index contributed by atoms with van der Waals surface area (Å²) in [6.45, 7) is 0. The molecule has 0 spiro atoms. The first-order chi connectivity index (χ1) is 8.59. The lowest BCUT2D eigenvalue weighted by Gasteiger charge is -2.08. The van der Waals surface area contributed by atoms with Crippen LogP contribution in [0.25, 0.3) is 11.1 Å². The first-order valence-corrected chi connectivity index (χ1v) is 5.73. The lowest BCUT2D eigenvalue weighted by atomic mass is 10.0. The SMILES string of the molecule is O=C(O)C(O)c1ccc(-c2ccccc2Cl)cc1. The summed E-state index contributed by atoms with van der Waals surface area (Å²) in [4.78, 5) is 10.6. The van der Waals surface area contributed by atoms with Gasteiger partial charge in [-0.3, -0.25) is 0 Å². The zero-order valence-electron chi connectivity index (χ0n) is 9.38. The van der Waals surface area contributed by atoms with Crippen LogP contribution in [0.5, 0.6) is 0 Å². The highest BCUT2D eigenvalue weighted by Crippen LogP contribution is 2.28. The first kappa shape index (κ1) is 12.6. The molecule has 2 rings (SSSR count). The number of hydrogen-bond acceptors (Lipinski definition) is 2. The summed E-state index contributed by atoms with van der Waals surface area (Å²) < 4.78 is 0. The Balaban J connectivity index is 2.34. The monoisotopic (exact) mass is 262 g/mol. The zero-order valence-corrected chi connectivity index (χ0v) is 10.1. The molecule has 92 valence electrons. The molecule has 18 heavy (non-hydrogen) atoms. The number of halogens is 1. The average Bonchev–Trinajstić information content (AvgIpc) is 2.38. The lowest BCUT2D eigenvalue weighted by molar-refractivity contribution is -0.146. The number of carbonyl (C=O) groups is 1. The third-order valence-corrected chi connectivity index (χ3v) is 2.97. The molecule has 1 atom stereocenters. The molecule has 4 heteroatoms. The molecule has 0 saturated carbocycles. The van der Waals surface area contributed by atoms with E-state index in [9.17, 15) is 9.90 Å². The van der Waals surface area contributed by atoms with Gasteiger partial charge in [-0.1, -0.05) is 54.1 Å². The van der Waals surface area contributed by atoms with Crippen molar-refractivity contribution in [2.75, 3.05) is 0 Å². The van der Waals surface area contributed by atoms with Crippen LogP contribution in [-0.2, 0) is 4.79 Å². The Kier molecular flexibility index (Phi) is 3.65. The molecular weight excluding hydrogens is 252 g/mol. The maximum atomic E-state index is 10.6. The van der Waals surface area contributed by atoms with Gasteiger partial charge in [0.15, 0.2) is 6.10 Å². The fraction of sp³-hybridized carbons (Fsp3) is 0.0714. The number of rotatable bonds is 3. The smallest absolute Gasteiger partial charge is 0.337 e. The minimum Gasteiger partial charge on any atom is -0.479 e. The maximum Gasteiger partial charge on any atom is 0.337 e. The van der Waals surface area contributed by atoms with E-state index in [0.29, 0.717) is 10.6 Å². The van der Waals surface area contributed by atoms with Crippen LogP contribution in [0.4, 0.5) is 0 Å². The van der Waals surface area contributed by atoms with Gasteiger partial charge in [-0.05, 0) is 17.2 Å². The Labute approximate surface area is 109 Å². The van der Waals surface area contributed by atoms with Crippen molar-refractivity contribution in [1.82, 2.24) is 0 Å². The highest BCUT2D eigenvalue weighted by atomic mass is 35.5. The molecule has 2 aromatic carbocycles. The number of hydrogen-bond donors (Lipinski definition) is 2. The van der Waals surface area contributed by atoms with Crippen LogP contribution in [0, 0.1) is 0 Å². The van der Waals surface area contributed by atoms with Crippen LogP contribution in [0.2, 0.25) is 5.02 Å². The molecule has 3 nitrogen and oxygen atoms in total. The van der Waals surface area contributed by atoms with E-state index in [1.807, 2.05) is 18.2 Å². The first-order valence-electron chi connectivity index (χ1n) is 5.35. The lowest BCUT2D eigenvalue weighted by Crippen LogP contribution is -2.10. The molecule has 0 saturated heterocycles. The van der Waals surface area contributed by atoms with Gasteiger partial charge in [-0.15, -0.1) is 0 Å². The molecule has 0 amide bonds. The van der Waals surface area contributed by atoms with E-state index in [2.05, 4.69) is 0 Å². The summed E-state index contributed by atoms with van der Waals surface area (Å²) in [7, 11) is 0. The largest absolute Gasteiger partial charge is 0.479 e. The minimum absolute atomic E-state index is 0.346. The summed E-state index contributed by atoms with van der Waals surface area (Å²) >= 11 is 6.07. The second-order valence-electron chi connectivity index (χ2n) is 3.84. The number of carboxylic acid groups (broad SMARTS) is 1. The van der Waals surface area contributed by atoms with E-state index in [1.165, 1.54) is 0 Å². The second-order valence-corrected chi connectivity index (χ2v) is 4.25. The number of aliphatic carboxylic acids is 1. The zero-order chi connectivity index (χ0) is 13.1. The summed E-state index contributed by atoms with van der Waals surface area (Å²) in [6.07, 6.45) is -1.50. The second kappa shape index (κ2) is 5.21. The van der Waals surface area contributed by atoms with Gasteiger partial charge in [0, 0.05) is 10.6 Å². The van der Waals surface area contributed by atoms with Crippen molar-refractivity contribution in [1.29, 1.82) is 0 Å². The Bertz CT molecular complexity index is 564. The Morgan fingerprint density at radius 3 is 2.22 bits per heavy atom. The number of carboxylic acids is 1. The number of aliphatic hydroxyl groups excluding tert-OH is 1. The molecular formula is C14H11ClO3. The van der Waals surface area contributed by atoms with Crippen molar-refractivity contribution in [2.45, 2.75) is 6.10 Å². The summed E-state index contributed by atoms with van der Waals surface area (Å²) in [5.74, 6) is -1.26. The third kappa shape index (κ3) is 2.53. The highest BCUT2D eigenvalue weighted by molar-refractivity contribution is 6.33. The number of aliphatic hydroxyl groups is 1. The summed E-state index contributed by atoms with van der Waals surface area (Å²) in [5, 5.41) is 18.7. The van der Waals surface area contributed by atoms with E-state index < -0.39 is 12.1 Å². The standard InChI is InChI=1S/C14H11ClO3/c15-12-4-2-1-3-11(12)9-5-7-10(8-6-9)13(16)14(17)18/h1-8,13,16H,(H,17,18). The van der Waals surface area contributed by atoms with Gasteiger partial charge in [0.2, 0.25) is 0 Å². The van der Waals surface area contributed by atoms with Gasteiger partial charge in [0.05, 0.1) is 0 Å². The van der Waals surface area contributed by atoms with Gasteiger partial charge in [-0.25, -0.2) is 4.79 Å². The van der Waals surface area contributed by atoms with Crippen molar-refractivity contribution in [3.05, 3.63) is 59.1 Å². The summed E-state index contributed by atoms with van der Waals surface area (Å²) in [6, 6.07) is 14.0. The van der Waals surface area contributed by atoms with Crippen LogP contribution in [0.3, 0.4) is 0 Å². The maximum absolute atomic E-state index is 10.6. The molecule has 0 fully saturated rings. The predicted molar refractivity (Wildman–Crippen MR) is 69.5 cm³/mol. The predicted octanol–water partition coefficient (Wildman–Crippen LogP) is 3.13. The molecule has 1 unspecified atom stereocenters. The molecule has 0 radical (unpaired) electrons. The summed E-state index contributed by atoms with van der Waals surface area (Å²) in [5.41, 5.74) is 2.09. The van der Waals surface area contributed by atoms with Crippen molar-refractivity contribution < 1.29 is 15.0 Å². The van der Waals surface area contributed by atoms with Crippen molar-refractivity contribution in [2.24, 2.45) is 0 Å². The molecule has 0 aromatic heterocycles. The minimum atomic E-state index is -1.50. The van der Waals surface area contributed by atoms with Crippen LogP contribution in [0.15, 0.2) is 48.5 Å². The van der Waals surface area contributed by atoms with Crippen molar-refractivity contribution in [3.8, 4) is 11.1 Å². The van der Waals surface area contributed by atoms with Gasteiger partial charge in [0.25, 0.3) is 0 Å². The van der Waals surface area contributed by atoms with Crippen molar-refractivity contribution in [3.63, 3.8) is 0 Å². The van der Waals surface area contributed by atoms with E-state index in [0.717, 1.165) is 11.1 Å². The number of benzene rings is 2. The van der Waals surface area contributed by atoms with Crippen molar-refractivity contribution >= 4 is 17.6 Å². The van der Waals surface area contributed by atoms with Crippen LogP contribution in [0.1, 0.15) is 11.7 Å². The van der Waals surface area contributed by atoms with Gasteiger partial charge < -0.3 is 10.2 Å². The molecule has 0 bridgehead atoms. The average molecular weight is 263 g/mol. The molecule has 0 aliphatic heterocycles. The fourth-order valence-corrected chi connectivity index (χ4v) is 1.93. The van der Waals surface area contributed by atoms with Gasteiger partial charge in [0.1, 0.15) is 0 Å². The quantitative estimate of drug-likeness (QED) is 0.893. The molecule has 0 aliphatic carbocycles. The van der Waals surface area contributed by atoms with E-state index in [-0.39, 0.29) is 0 Å². The van der Waals surface area contributed by atoms with E-state index in [1.54, 1.807) is 30.3 Å². The molecule has 0 aliphatic rings. The molecule has 2 aromatic rings. The highest BCUT2D eigenvalue weighted by Gasteiger charge is 2.15. The fourth-order valence-electron chi connectivity index (χ4n) is 1.68. The third-order valence-electron chi connectivity index (χ3n) is 2.65. The van der Waals surface area contributed by atoms with E-state index in [4.69, 9.17) is 16.7 Å².